The Kier molecular flexibility index (Phi) is 5.29. The quantitative estimate of drug-likeness (QED) is 0.669. The first-order chi connectivity index (χ1) is 9.69. The number of hydrogen-bond donors (Lipinski definition) is 1. The van der Waals surface area contributed by atoms with Gasteiger partial charge in [-0.1, -0.05) is 12.2 Å². The lowest BCUT2D eigenvalue weighted by atomic mass is 9.94. The van der Waals surface area contributed by atoms with Crippen LogP contribution in [0.3, 0.4) is 0 Å². The molecule has 0 aliphatic heterocycles. The fourth-order valence-electron chi connectivity index (χ4n) is 2.04. The van der Waals surface area contributed by atoms with Gasteiger partial charge in [0.2, 0.25) is 5.91 Å². The van der Waals surface area contributed by atoms with E-state index in [-0.39, 0.29) is 24.2 Å². The third-order valence-corrected chi connectivity index (χ3v) is 3.86. The number of carbonyl (C=O) groups is 2. The maximum atomic E-state index is 12.0. The molecule has 1 N–H and O–H groups in total. The predicted octanol–water partition coefficient (Wildman–Crippen LogP) is 2.54. The van der Waals surface area contributed by atoms with Crippen LogP contribution in [-0.2, 0) is 20.7 Å². The van der Waals surface area contributed by atoms with Gasteiger partial charge < -0.3 is 10.1 Å². The smallest absolute Gasteiger partial charge is 0.311 e. The molecule has 0 saturated heterocycles. The molecule has 20 heavy (non-hydrogen) atoms. The van der Waals surface area contributed by atoms with Crippen LogP contribution in [0.2, 0.25) is 0 Å². The molecule has 1 atom stereocenters. The molecule has 1 aromatic rings. The van der Waals surface area contributed by atoms with Gasteiger partial charge in [0.25, 0.3) is 0 Å². The topological polar surface area (TPSA) is 68.3 Å². The Morgan fingerprint density at radius 3 is 3.05 bits per heavy atom. The molecule has 108 valence electrons. The first-order valence-electron chi connectivity index (χ1n) is 6.75. The summed E-state index contributed by atoms with van der Waals surface area (Å²) < 4.78 is 4.86. The van der Waals surface area contributed by atoms with Crippen LogP contribution in [-0.4, -0.2) is 23.5 Å². The van der Waals surface area contributed by atoms with E-state index in [2.05, 4.69) is 16.4 Å². The van der Waals surface area contributed by atoms with Crippen LogP contribution in [0.5, 0.6) is 0 Å². The van der Waals surface area contributed by atoms with Gasteiger partial charge in [0.15, 0.2) is 5.13 Å². The van der Waals surface area contributed by atoms with Crippen molar-refractivity contribution in [2.75, 3.05) is 11.9 Å². The highest BCUT2D eigenvalue weighted by atomic mass is 32.1. The third-order valence-electron chi connectivity index (χ3n) is 3.05. The van der Waals surface area contributed by atoms with Gasteiger partial charge in [-0.3, -0.25) is 9.59 Å². The minimum Gasteiger partial charge on any atom is -0.466 e. The first kappa shape index (κ1) is 14.7. The fraction of sp³-hybridized carbons (Fsp3) is 0.500. The lowest BCUT2D eigenvalue weighted by Crippen LogP contribution is -2.23. The molecule has 0 radical (unpaired) electrons. The Bertz CT molecular complexity index is 510. The van der Waals surface area contributed by atoms with Crippen LogP contribution in [0.1, 0.15) is 31.9 Å². The van der Waals surface area contributed by atoms with Crippen LogP contribution in [0.15, 0.2) is 17.5 Å². The number of allylic oxidation sites excluding steroid dienone is 2. The minimum atomic E-state index is -0.298. The maximum absolute atomic E-state index is 12.0. The summed E-state index contributed by atoms with van der Waals surface area (Å²) in [4.78, 5) is 27.6. The first-order valence-corrected chi connectivity index (χ1v) is 7.63. The summed E-state index contributed by atoms with van der Waals surface area (Å²) in [5, 5.41) is 5.14. The van der Waals surface area contributed by atoms with Crippen molar-refractivity contribution in [3.63, 3.8) is 0 Å². The molecule has 1 aliphatic rings. The van der Waals surface area contributed by atoms with Gasteiger partial charge in [-0.15, -0.1) is 11.3 Å². The molecular weight excluding hydrogens is 276 g/mol. The van der Waals surface area contributed by atoms with Gasteiger partial charge in [-0.25, -0.2) is 4.98 Å². The van der Waals surface area contributed by atoms with Crippen molar-refractivity contribution in [1.29, 1.82) is 0 Å². The van der Waals surface area contributed by atoms with Crippen molar-refractivity contribution < 1.29 is 14.3 Å². The summed E-state index contributed by atoms with van der Waals surface area (Å²) in [5.74, 6) is -0.267. The second-order valence-electron chi connectivity index (χ2n) is 4.60. The van der Waals surface area contributed by atoms with E-state index in [1.54, 1.807) is 12.3 Å². The van der Waals surface area contributed by atoms with E-state index in [0.717, 1.165) is 19.3 Å². The fourth-order valence-corrected chi connectivity index (χ4v) is 2.76. The number of esters is 1. The zero-order chi connectivity index (χ0) is 14.4. The van der Waals surface area contributed by atoms with Crippen LogP contribution < -0.4 is 5.32 Å². The van der Waals surface area contributed by atoms with E-state index in [9.17, 15) is 9.59 Å². The molecule has 0 saturated carbocycles. The second kappa shape index (κ2) is 7.19. The summed E-state index contributed by atoms with van der Waals surface area (Å²) >= 11 is 1.33. The standard InChI is InChI=1S/C14H18N2O3S/c1-2-19-12(17)8-11-9-20-14(15-11)16-13(18)10-6-4-3-5-7-10/h3-4,9-10H,2,5-8H2,1H3,(H,15,16,18)/t10-/m0/s1. The molecule has 0 fully saturated rings. The maximum Gasteiger partial charge on any atom is 0.311 e. The highest BCUT2D eigenvalue weighted by Gasteiger charge is 2.19. The van der Waals surface area contributed by atoms with E-state index in [1.807, 2.05) is 6.08 Å². The highest BCUT2D eigenvalue weighted by Crippen LogP contribution is 2.22. The van der Waals surface area contributed by atoms with Crippen molar-refractivity contribution in [1.82, 2.24) is 4.98 Å². The molecule has 1 amide bonds. The summed E-state index contributed by atoms with van der Waals surface area (Å²) in [6.45, 7) is 2.13. The average molecular weight is 294 g/mol. The van der Waals surface area contributed by atoms with E-state index in [4.69, 9.17) is 4.74 Å². The summed E-state index contributed by atoms with van der Waals surface area (Å²) in [6, 6.07) is 0. The molecule has 1 aliphatic carbocycles. The van der Waals surface area contributed by atoms with Crippen molar-refractivity contribution in [2.45, 2.75) is 32.6 Å². The zero-order valence-electron chi connectivity index (χ0n) is 11.4. The van der Waals surface area contributed by atoms with E-state index >= 15 is 0 Å². The third kappa shape index (κ3) is 4.16. The van der Waals surface area contributed by atoms with Gasteiger partial charge in [0, 0.05) is 11.3 Å². The molecule has 5 nitrogen and oxygen atoms in total. The lowest BCUT2D eigenvalue weighted by Gasteiger charge is -2.15. The summed E-state index contributed by atoms with van der Waals surface area (Å²) in [6.07, 6.45) is 6.90. The van der Waals surface area contributed by atoms with E-state index < -0.39 is 0 Å². The van der Waals surface area contributed by atoms with Crippen LogP contribution in [0.4, 0.5) is 5.13 Å². The molecule has 0 bridgehead atoms. The molecule has 0 aromatic carbocycles. The van der Waals surface area contributed by atoms with E-state index in [1.165, 1.54) is 11.3 Å². The number of thiazole rings is 1. The molecule has 6 heteroatoms. The number of amides is 1. The number of ether oxygens (including phenoxy) is 1. The molecule has 0 unspecified atom stereocenters. The number of nitrogens with one attached hydrogen (secondary N) is 1. The van der Waals surface area contributed by atoms with E-state index in [0.29, 0.717) is 17.4 Å². The highest BCUT2D eigenvalue weighted by molar-refractivity contribution is 7.13. The lowest BCUT2D eigenvalue weighted by molar-refractivity contribution is -0.142. The van der Waals surface area contributed by atoms with Crippen molar-refractivity contribution in [2.24, 2.45) is 5.92 Å². The summed E-state index contributed by atoms with van der Waals surface area (Å²) in [5.41, 5.74) is 0.632. The number of anilines is 1. The minimum absolute atomic E-state index is 0.00591. The van der Waals surface area contributed by atoms with Crippen molar-refractivity contribution in [3.8, 4) is 0 Å². The van der Waals surface area contributed by atoms with Crippen LogP contribution in [0, 0.1) is 5.92 Å². The van der Waals surface area contributed by atoms with Crippen LogP contribution >= 0.6 is 11.3 Å². The second-order valence-corrected chi connectivity index (χ2v) is 5.45. The van der Waals surface area contributed by atoms with Gasteiger partial charge in [0.05, 0.1) is 18.7 Å². The average Bonchev–Trinajstić information content (AvgIpc) is 2.87. The van der Waals surface area contributed by atoms with Gasteiger partial charge in [-0.05, 0) is 26.2 Å². The largest absolute Gasteiger partial charge is 0.466 e. The SMILES string of the molecule is CCOC(=O)Cc1csc(NC(=O)[C@H]2CC=CCC2)n1. The predicted molar refractivity (Wildman–Crippen MR) is 77.6 cm³/mol. The van der Waals surface area contributed by atoms with Gasteiger partial charge in [-0.2, -0.15) is 0 Å². The monoisotopic (exact) mass is 294 g/mol. The molecule has 1 aromatic heterocycles. The molecular formula is C14H18N2O3S. The molecule has 0 spiro atoms. The Labute approximate surface area is 122 Å². The number of hydrogen-bond acceptors (Lipinski definition) is 5. The van der Waals surface area contributed by atoms with Crippen LogP contribution in [0.25, 0.3) is 0 Å². The zero-order valence-corrected chi connectivity index (χ0v) is 12.2. The number of carbonyl (C=O) groups excluding carboxylic acids is 2. The Morgan fingerprint density at radius 1 is 1.50 bits per heavy atom. The number of rotatable bonds is 5. The number of aromatic nitrogens is 1. The number of nitrogens with zero attached hydrogens (tertiary/aromatic N) is 1. The van der Waals surface area contributed by atoms with Gasteiger partial charge in [0.1, 0.15) is 0 Å². The molecule has 1 heterocycles. The molecule has 2 rings (SSSR count). The Balaban J connectivity index is 1.87. The van der Waals surface area contributed by atoms with Crippen molar-refractivity contribution >= 4 is 28.3 Å². The normalized spacial score (nSPS) is 17.8. The Morgan fingerprint density at radius 2 is 2.35 bits per heavy atom. The Hall–Kier alpha value is -1.69. The summed E-state index contributed by atoms with van der Waals surface area (Å²) in [7, 11) is 0. The van der Waals surface area contributed by atoms with Crippen molar-refractivity contribution in [3.05, 3.63) is 23.2 Å². The van der Waals surface area contributed by atoms with Gasteiger partial charge >= 0.3 is 5.97 Å².